The first-order chi connectivity index (χ1) is 7.33. The number of halogens is 1. The molecular weight excluding hydrogens is 212 g/mol. The van der Waals surface area contributed by atoms with Gasteiger partial charge < -0.3 is 10.1 Å². The molecule has 1 heterocycles. The summed E-state index contributed by atoms with van der Waals surface area (Å²) in [5.74, 6) is 0. The maximum atomic E-state index is 6.11. The van der Waals surface area contributed by atoms with E-state index in [4.69, 9.17) is 16.3 Å². The van der Waals surface area contributed by atoms with Crippen molar-refractivity contribution in [2.75, 3.05) is 45.9 Å². The Morgan fingerprint density at radius 2 is 2.13 bits per heavy atom. The molecular formula is C11H23ClN2O. The minimum atomic E-state index is 0.291. The molecule has 0 aromatic rings. The van der Waals surface area contributed by atoms with Crippen LogP contribution in [-0.4, -0.2) is 56.2 Å². The van der Waals surface area contributed by atoms with Crippen molar-refractivity contribution < 1.29 is 4.74 Å². The first-order valence-electron chi connectivity index (χ1n) is 5.97. The van der Waals surface area contributed by atoms with Crippen molar-refractivity contribution in [2.45, 2.75) is 25.1 Å². The molecule has 1 saturated heterocycles. The Labute approximate surface area is 98.1 Å². The van der Waals surface area contributed by atoms with E-state index in [-0.39, 0.29) is 0 Å². The van der Waals surface area contributed by atoms with Gasteiger partial charge in [0.25, 0.3) is 0 Å². The lowest BCUT2D eigenvalue weighted by Gasteiger charge is -2.26. The average molecular weight is 235 g/mol. The summed E-state index contributed by atoms with van der Waals surface area (Å²) >= 11 is 6.11. The third kappa shape index (κ3) is 6.36. The van der Waals surface area contributed by atoms with Crippen LogP contribution in [0.5, 0.6) is 0 Å². The number of hydrogen-bond acceptors (Lipinski definition) is 3. The van der Waals surface area contributed by atoms with Crippen molar-refractivity contribution in [1.82, 2.24) is 10.2 Å². The molecule has 0 bridgehead atoms. The highest BCUT2D eigenvalue weighted by Crippen LogP contribution is 2.02. The van der Waals surface area contributed by atoms with Gasteiger partial charge in [-0.25, -0.2) is 0 Å². The maximum Gasteiger partial charge on any atom is 0.0594 e. The molecule has 0 aromatic carbocycles. The van der Waals surface area contributed by atoms with Crippen LogP contribution in [0.25, 0.3) is 0 Å². The van der Waals surface area contributed by atoms with E-state index < -0.39 is 0 Å². The molecule has 0 aliphatic carbocycles. The zero-order valence-corrected chi connectivity index (χ0v) is 10.4. The van der Waals surface area contributed by atoms with Crippen LogP contribution >= 0.6 is 11.6 Å². The second-order valence-electron chi connectivity index (χ2n) is 4.04. The van der Waals surface area contributed by atoms with Crippen LogP contribution < -0.4 is 5.32 Å². The minimum absolute atomic E-state index is 0.291. The van der Waals surface area contributed by atoms with Gasteiger partial charge in [-0.2, -0.15) is 0 Å². The van der Waals surface area contributed by atoms with Gasteiger partial charge in [0.1, 0.15) is 0 Å². The molecule has 1 rings (SSSR count). The summed E-state index contributed by atoms with van der Waals surface area (Å²) in [6.45, 7) is 9.15. The smallest absolute Gasteiger partial charge is 0.0594 e. The van der Waals surface area contributed by atoms with Crippen LogP contribution in [0.3, 0.4) is 0 Å². The summed E-state index contributed by atoms with van der Waals surface area (Å²) in [5.41, 5.74) is 0. The molecule has 15 heavy (non-hydrogen) atoms. The first-order valence-corrected chi connectivity index (χ1v) is 6.41. The van der Waals surface area contributed by atoms with Crippen LogP contribution in [0, 0.1) is 0 Å². The standard InChI is InChI=1S/C11H23ClN2O/c1-2-3-11(12)10-13-4-5-14-6-8-15-9-7-14/h11,13H,2-10H2,1H3. The lowest BCUT2D eigenvalue weighted by atomic mass is 10.2. The van der Waals surface area contributed by atoms with Gasteiger partial charge in [-0.05, 0) is 6.42 Å². The van der Waals surface area contributed by atoms with Crippen molar-refractivity contribution in [1.29, 1.82) is 0 Å². The first kappa shape index (κ1) is 13.2. The van der Waals surface area contributed by atoms with E-state index in [2.05, 4.69) is 17.1 Å². The molecule has 0 aromatic heterocycles. The summed E-state index contributed by atoms with van der Waals surface area (Å²) in [6.07, 6.45) is 2.27. The predicted octanol–water partition coefficient (Wildman–Crippen LogP) is 1.32. The Morgan fingerprint density at radius 3 is 2.80 bits per heavy atom. The van der Waals surface area contributed by atoms with Crippen molar-refractivity contribution >= 4 is 11.6 Å². The van der Waals surface area contributed by atoms with Crippen LogP contribution in [0.15, 0.2) is 0 Å². The van der Waals surface area contributed by atoms with Crippen molar-refractivity contribution in [2.24, 2.45) is 0 Å². The zero-order chi connectivity index (χ0) is 10.9. The number of hydrogen-bond donors (Lipinski definition) is 1. The highest BCUT2D eigenvalue weighted by atomic mass is 35.5. The maximum absolute atomic E-state index is 6.11. The Bertz CT molecular complexity index is 152. The third-order valence-corrected chi connectivity index (χ3v) is 3.05. The van der Waals surface area contributed by atoms with Gasteiger partial charge in [0.15, 0.2) is 0 Å². The molecule has 1 unspecified atom stereocenters. The number of nitrogens with zero attached hydrogens (tertiary/aromatic N) is 1. The Morgan fingerprint density at radius 1 is 1.40 bits per heavy atom. The van der Waals surface area contributed by atoms with Gasteiger partial charge in [-0.15, -0.1) is 11.6 Å². The molecule has 1 N–H and O–H groups in total. The second kappa shape index (κ2) is 8.34. The molecule has 0 radical (unpaired) electrons. The molecule has 0 saturated carbocycles. The van der Waals surface area contributed by atoms with Crippen LogP contribution in [0.4, 0.5) is 0 Å². The van der Waals surface area contributed by atoms with Crippen molar-refractivity contribution in [3.63, 3.8) is 0 Å². The lowest BCUT2D eigenvalue weighted by molar-refractivity contribution is 0.0384. The molecule has 1 fully saturated rings. The van der Waals surface area contributed by atoms with Gasteiger partial charge in [0, 0.05) is 38.1 Å². The van der Waals surface area contributed by atoms with Crippen LogP contribution in [0.2, 0.25) is 0 Å². The summed E-state index contributed by atoms with van der Waals surface area (Å²) in [4.78, 5) is 2.43. The zero-order valence-electron chi connectivity index (χ0n) is 9.67. The molecule has 1 aliphatic rings. The molecule has 1 atom stereocenters. The van der Waals surface area contributed by atoms with Gasteiger partial charge in [0.2, 0.25) is 0 Å². The summed E-state index contributed by atoms with van der Waals surface area (Å²) in [5, 5.41) is 3.69. The van der Waals surface area contributed by atoms with E-state index in [9.17, 15) is 0 Å². The fourth-order valence-electron chi connectivity index (χ4n) is 1.74. The van der Waals surface area contributed by atoms with Crippen molar-refractivity contribution in [3.8, 4) is 0 Å². The lowest BCUT2D eigenvalue weighted by Crippen LogP contribution is -2.41. The van der Waals surface area contributed by atoms with Gasteiger partial charge in [-0.1, -0.05) is 13.3 Å². The highest BCUT2D eigenvalue weighted by Gasteiger charge is 2.09. The Kier molecular flexibility index (Phi) is 7.36. The average Bonchev–Trinajstić information content (AvgIpc) is 2.26. The molecule has 3 nitrogen and oxygen atoms in total. The normalized spacial score (nSPS) is 20.4. The number of alkyl halides is 1. The van der Waals surface area contributed by atoms with Gasteiger partial charge in [0.05, 0.1) is 13.2 Å². The summed E-state index contributed by atoms with van der Waals surface area (Å²) in [6, 6.07) is 0. The molecule has 0 spiro atoms. The van der Waals surface area contributed by atoms with E-state index >= 15 is 0 Å². The molecule has 90 valence electrons. The highest BCUT2D eigenvalue weighted by molar-refractivity contribution is 6.20. The minimum Gasteiger partial charge on any atom is -0.379 e. The van der Waals surface area contributed by atoms with E-state index in [1.165, 1.54) is 6.42 Å². The molecule has 0 amide bonds. The van der Waals surface area contributed by atoms with E-state index in [1.807, 2.05) is 0 Å². The van der Waals surface area contributed by atoms with E-state index in [0.29, 0.717) is 5.38 Å². The van der Waals surface area contributed by atoms with Crippen LogP contribution in [0.1, 0.15) is 19.8 Å². The number of ether oxygens (including phenoxy) is 1. The quantitative estimate of drug-likeness (QED) is 0.531. The van der Waals surface area contributed by atoms with Crippen molar-refractivity contribution in [3.05, 3.63) is 0 Å². The van der Waals surface area contributed by atoms with Gasteiger partial charge >= 0.3 is 0 Å². The number of morpholine rings is 1. The monoisotopic (exact) mass is 234 g/mol. The predicted molar refractivity (Wildman–Crippen MR) is 64.7 cm³/mol. The second-order valence-corrected chi connectivity index (χ2v) is 4.66. The number of rotatable bonds is 7. The Hall–Kier alpha value is 0.170. The SMILES string of the molecule is CCCC(Cl)CNCCN1CCOCC1. The fraction of sp³-hybridized carbons (Fsp3) is 1.00. The Balaban J connectivity index is 1.91. The van der Waals surface area contributed by atoms with E-state index in [0.717, 1.165) is 52.4 Å². The number of nitrogens with one attached hydrogen (secondary N) is 1. The summed E-state index contributed by atoms with van der Waals surface area (Å²) in [7, 11) is 0. The van der Waals surface area contributed by atoms with Crippen LogP contribution in [-0.2, 0) is 4.74 Å². The molecule has 1 aliphatic heterocycles. The largest absolute Gasteiger partial charge is 0.379 e. The fourth-order valence-corrected chi connectivity index (χ4v) is 2.06. The summed E-state index contributed by atoms with van der Waals surface area (Å²) < 4.78 is 5.29. The van der Waals surface area contributed by atoms with Gasteiger partial charge in [-0.3, -0.25) is 4.90 Å². The van der Waals surface area contributed by atoms with E-state index in [1.54, 1.807) is 0 Å². The topological polar surface area (TPSA) is 24.5 Å². The third-order valence-electron chi connectivity index (χ3n) is 2.68. The molecule has 4 heteroatoms.